The van der Waals surface area contributed by atoms with Crippen molar-refractivity contribution in [1.29, 1.82) is 0 Å². The van der Waals surface area contributed by atoms with Crippen LogP contribution >= 0.6 is 0 Å². The van der Waals surface area contributed by atoms with Crippen molar-refractivity contribution in [3.8, 4) is 11.5 Å². The summed E-state index contributed by atoms with van der Waals surface area (Å²) in [5, 5.41) is 13.2. The average molecular weight is 491 g/mol. The summed E-state index contributed by atoms with van der Waals surface area (Å²) >= 11 is 0. The second kappa shape index (κ2) is 10.1. The number of imide groups is 2. The second-order valence-electron chi connectivity index (χ2n) is 7.56. The molecule has 0 aliphatic carbocycles. The number of anilines is 1. The fourth-order valence-corrected chi connectivity index (χ4v) is 3.47. The lowest BCUT2D eigenvalue weighted by Gasteiger charge is -2.26. The Hall–Kier alpha value is -5.06. The molecule has 0 radical (unpaired) electrons. The highest BCUT2D eigenvalue weighted by molar-refractivity contribution is 6.39. The van der Waals surface area contributed by atoms with Gasteiger partial charge in [-0.3, -0.25) is 25.0 Å². The number of nitrogens with one attached hydrogen (secondary N) is 1. The molecule has 1 aliphatic heterocycles. The van der Waals surface area contributed by atoms with Crippen molar-refractivity contribution >= 4 is 35.3 Å². The molecule has 1 saturated heterocycles. The minimum atomic E-state index is -1.04. The maximum Gasteiger partial charge on any atom is 0.335 e. The number of carbonyl (C=O) groups excluding carboxylic acids is 3. The van der Waals surface area contributed by atoms with Crippen LogP contribution in [0.2, 0.25) is 0 Å². The number of hydrogen-bond donors (Lipinski definition) is 1. The number of non-ortho nitro benzene ring substituents is 1. The number of amides is 4. The first-order valence-corrected chi connectivity index (χ1v) is 10.5. The Bertz CT molecular complexity index is 1420. The van der Waals surface area contributed by atoms with Crippen LogP contribution in [0.4, 0.5) is 20.6 Å². The Balaban J connectivity index is 1.70. The molecular weight excluding hydrogens is 473 g/mol. The molecule has 0 unspecified atom stereocenters. The molecule has 0 atom stereocenters. The summed E-state index contributed by atoms with van der Waals surface area (Å²) in [7, 11) is 1.45. The molecule has 4 amide bonds. The van der Waals surface area contributed by atoms with Gasteiger partial charge in [0.05, 0.1) is 17.7 Å². The van der Waals surface area contributed by atoms with Gasteiger partial charge in [0.15, 0.2) is 0 Å². The van der Waals surface area contributed by atoms with E-state index in [1.807, 2.05) is 0 Å². The quantitative estimate of drug-likeness (QED) is 0.229. The second-order valence-corrected chi connectivity index (χ2v) is 7.56. The molecule has 1 N–H and O–H groups in total. The molecule has 0 spiro atoms. The first-order chi connectivity index (χ1) is 17.3. The molecule has 1 fully saturated rings. The number of nitro groups is 1. The van der Waals surface area contributed by atoms with Gasteiger partial charge in [0.1, 0.15) is 29.5 Å². The molecular formula is C25H18FN3O7. The topological polar surface area (TPSA) is 128 Å². The summed E-state index contributed by atoms with van der Waals surface area (Å²) in [5.74, 6) is -1.70. The third-order valence-corrected chi connectivity index (χ3v) is 5.20. The number of nitrogens with zero attached hydrogens (tertiary/aromatic N) is 2. The fourth-order valence-electron chi connectivity index (χ4n) is 3.47. The van der Waals surface area contributed by atoms with Gasteiger partial charge in [-0.2, -0.15) is 0 Å². The van der Waals surface area contributed by atoms with Crippen molar-refractivity contribution in [2.45, 2.75) is 6.61 Å². The molecule has 0 saturated carbocycles. The predicted octanol–water partition coefficient (Wildman–Crippen LogP) is 3.99. The number of rotatable bonds is 7. The van der Waals surface area contributed by atoms with Crippen molar-refractivity contribution in [1.82, 2.24) is 5.32 Å². The fraction of sp³-hybridized carbons (Fsp3) is 0.0800. The van der Waals surface area contributed by atoms with Crippen LogP contribution in [0.1, 0.15) is 11.1 Å². The van der Waals surface area contributed by atoms with Crippen LogP contribution in [-0.2, 0) is 16.2 Å². The Labute approximate surface area is 203 Å². The van der Waals surface area contributed by atoms with Crippen LogP contribution in [0.5, 0.6) is 11.5 Å². The lowest BCUT2D eigenvalue weighted by atomic mass is 10.1. The number of barbiturate groups is 1. The molecule has 3 aromatic carbocycles. The first kappa shape index (κ1) is 24.1. The van der Waals surface area contributed by atoms with Gasteiger partial charge in [-0.15, -0.1) is 0 Å². The van der Waals surface area contributed by atoms with Gasteiger partial charge in [-0.05, 0) is 42.0 Å². The van der Waals surface area contributed by atoms with E-state index in [9.17, 15) is 28.9 Å². The standard InChI is InChI=1S/C25H18FN3O7/c1-35-20-9-8-16(22(13-20)36-14-15-4-2-5-17(26)10-15)11-21-23(30)27-25(32)28(24(21)31)18-6-3-7-19(12-18)29(33)34/h2-13H,14H2,1H3,(H,27,30,32)/b21-11+. The number of carbonyl (C=O) groups is 3. The van der Waals surface area contributed by atoms with E-state index in [0.29, 0.717) is 21.8 Å². The maximum atomic E-state index is 13.5. The zero-order valence-corrected chi connectivity index (χ0v) is 18.8. The number of benzene rings is 3. The van der Waals surface area contributed by atoms with Gasteiger partial charge in [0.25, 0.3) is 17.5 Å². The van der Waals surface area contributed by atoms with Gasteiger partial charge in [-0.25, -0.2) is 14.1 Å². The van der Waals surface area contributed by atoms with Crippen LogP contribution in [-0.4, -0.2) is 29.9 Å². The third-order valence-electron chi connectivity index (χ3n) is 5.20. The Kier molecular flexibility index (Phi) is 6.72. The molecule has 36 heavy (non-hydrogen) atoms. The first-order valence-electron chi connectivity index (χ1n) is 10.5. The molecule has 4 rings (SSSR count). The van der Waals surface area contributed by atoms with E-state index in [0.717, 1.165) is 6.07 Å². The van der Waals surface area contributed by atoms with E-state index in [1.54, 1.807) is 18.2 Å². The van der Waals surface area contributed by atoms with Crippen LogP contribution in [0.3, 0.4) is 0 Å². The molecule has 10 nitrogen and oxygen atoms in total. The Morgan fingerprint density at radius 1 is 1.06 bits per heavy atom. The zero-order valence-electron chi connectivity index (χ0n) is 18.8. The van der Waals surface area contributed by atoms with Gasteiger partial charge >= 0.3 is 6.03 Å². The average Bonchev–Trinajstić information content (AvgIpc) is 2.85. The highest BCUT2D eigenvalue weighted by Crippen LogP contribution is 2.30. The number of halogens is 1. The van der Waals surface area contributed by atoms with E-state index < -0.39 is 34.2 Å². The summed E-state index contributed by atoms with van der Waals surface area (Å²) in [6, 6.07) is 14.3. The number of hydrogen-bond acceptors (Lipinski definition) is 7. The van der Waals surface area contributed by atoms with Crippen molar-refractivity contribution in [3.05, 3.63) is 99.4 Å². The Morgan fingerprint density at radius 3 is 2.56 bits per heavy atom. The zero-order chi connectivity index (χ0) is 25.8. The van der Waals surface area contributed by atoms with Gasteiger partial charge in [0, 0.05) is 23.8 Å². The normalized spacial score (nSPS) is 14.6. The van der Waals surface area contributed by atoms with Crippen LogP contribution in [0.25, 0.3) is 6.08 Å². The molecule has 1 heterocycles. The number of urea groups is 1. The van der Waals surface area contributed by atoms with E-state index in [1.165, 1.54) is 55.7 Å². The third kappa shape index (κ3) is 5.04. The summed E-state index contributed by atoms with van der Waals surface area (Å²) in [5.41, 5.74) is 0.0346. The van der Waals surface area contributed by atoms with Crippen molar-refractivity contribution < 1.29 is 33.2 Å². The van der Waals surface area contributed by atoms with Crippen LogP contribution in [0, 0.1) is 15.9 Å². The summed E-state index contributed by atoms with van der Waals surface area (Å²) in [6.45, 7) is -0.0143. The van der Waals surface area contributed by atoms with Crippen LogP contribution in [0.15, 0.2) is 72.3 Å². The summed E-state index contributed by atoms with van der Waals surface area (Å²) < 4.78 is 24.6. The van der Waals surface area contributed by atoms with Gasteiger partial charge < -0.3 is 9.47 Å². The monoisotopic (exact) mass is 491 g/mol. The molecule has 1 aliphatic rings. The van der Waals surface area contributed by atoms with Crippen molar-refractivity contribution in [2.75, 3.05) is 12.0 Å². The smallest absolute Gasteiger partial charge is 0.335 e. The lowest BCUT2D eigenvalue weighted by molar-refractivity contribution is -0.384. The summed E-state index contributed by atoms with van der Waals surface area (Å²) in [4.78, 5) is 49.3. The molecule has 11 heteroatoms. The van der Waals surface area contributed by atoms with E-state index in [2.05, 4.69) is 5.32 Å². The molecule has 0 bridgehead atoms. The van der Waals surface area contributed by atoms with Crippen molar-refractivity contribution in [2.24, 2.45) is 0 Å². The Morgan fingerprint density at radius 2 is 1.83 bits per heavy atom. The van der Waals surface area contributed by atoms with E-state index >= 15 is 0 Å². The van der Waals surface area contributed by atoms with Crippen LogP contribution < -0.4 is 19.7 Å². The van der Waals surface area contributed by atoms with E-state index in [-0.39, 0.29) is 23.7 Å². The minimum absolute atomic E-state index is 0.0143. The predicted molar refractivity (Wildman–Crippen MR) is 126 cm³/mol. The highest BCUT2D eigenvalue weighted by Gasteiger charge is 2.37. The number of methoxy groups -OCH3 is 1. The lowest BCUT2D eigenvalue weighted by Crippen LogP contribution is -2.54. The number of nitro benzene ring substituents is 1. The number of ether oxygens (including phenoxy) is 2. The van der Waals surface area contributed by atoms with Gasteiger partial charge in [0.2, 0.25) is 0 Å². The SMILES string of the molecule is COc1ccc(/C=C2\C(=O)NC(=O)N(c3cccc([N+](=O)[O-])c3)C2=O)c(OCc2cccc(F)c2)c1. The summed E-state index contributed by atoms with van der Waals surface area (Å²) in [6.07, 6.45) is 1.23. The maximum absolute atomic E-state index is 13.5. The molecule has 3 aromatic rings. The largest absolute Gasteiger partial charge is 0.497 e. The van der Waals surface area contributed by atoms with Crippen molar-refractivity contribution in [3.63, 3.8) is 0 Å². The van der Waals surface area contributed by atoms with Gasteiger partial charge in [-0.1, -0.05) is 18.2 Å². The highest BCUT2D eigenvalue weighted by atomic mass is 19.1. The molecule has 0 aromatic heterocycles. The minimum Gasteiger partial charge on any atom is -0.497 e. The molecule has 182 valence electrons. The van der Waals surface area contributed by atoms with E-state index in [4.69, 9.17) is 9.47 Å².